The smallest absolute Gasteiger partial charge is 0.195 e. The van der Waals surface area contributed by atoms with Crippen molar-refractivity contribution in [3.05, 3.63) is 10.6 Å². The fourth-order valence-electron chi connectivity index (χ4n) is 3.11. The number of hydrogen-bond acceptors (Lipinski definition) is 2. The number of nitrogens with one attached hydrogen (secondary N) is 1. The van der Waals surface area contributed by atoms with Gasteiger partial charge in [0.25, 0.3) is 0 Å². The lowest BCUT2D eigenvalue weighted by molar-refractivity contribution is 0.187. The highest BCUT2D eigenvalue weighted by Crippen LogP contribution is 2.46. The molecule has 3 nitrogen and oxygen atoms in total. The number of hydrogen-bond donors (Lipinski definition) is 1. The first-order valence-corrected chi connectivity index (χ1v) is 7.48. The van der Waals surface area contributed by atoms with Crippen LogP contribution in [0.15, 0.2) is 0 Å². The summed E-state index contributed by atoms with van der Waals surface area (Å²) in [6, 6.07) is 0. The molecule has 1 aliphatic carbocycles. The maximum Gasteiger partial charge on any atom is 0.195 e. The minimum atomic E-state index is 0.341. The molecule has 1 aromatic heterocycles. The van der Waals surface area contributed by atoms with Crippen molar-refractivity contribution in [1.29, 1.82) is 0 Å². The highest BCUT2D eigenvalue weighted by Gasteiger charge is 2.36. The SMILES string of the molecule is CC(C)Cn1c(C2CCCCC2(C)C)n[nH]c1=S. The van der Waals surface area contributed by atoms with Crippen LogP contribution in [0.2, 0.25) is 0 Å². The fourth-order valence-corrected chi connectivity index (χ4v) is 3.32. The zero-order valence-electron chi connectivity index (χ0n) is 12.0. The number of nitrogens with zero attached hydrogens (tertiary/aromatic N) is 2. The van der Waals surface area contributed by atoms with E-state index in [-0.39, 0.29) is 0 Å². The summed E-state index contributed by atoms with van der Waals surface area (Å²) in [6.07, 6.45) is 5.19. The van der Waals surface area contributed by atoms with Crippen molar-refractivity contribution in [3.63, 3.8) is 0 Å². The Balaban J connectivity index is 2.35. The molecule has 1 N–H and O–H groups in total. The molecule has 1 unspecified atom stereocenters. The fraction of sp³-hybridized carbons (Fsp3) is 0.857. The molecule has 18 heavy (non-hydrogen) atoms. The lowest BCUT2D eigenvalue weighted by Crippen LogP contribution is -2.29. The van der Waals surface area contributed by atoms with Crippen molar-refractivity contribution >= 4 is 12.2 Å². The predicted octanol–water partition coefficient (Wildman–Crippen LogP) is 4.28. The van der Waals surface area contributed by atoms with Crippen LogP contribution in [0.4, 0.5) is 0 Å². The summed E-state index contributed by atoms with van der Waals surface area (Å²) in [6.45, 7) is 10.2. The van der Waals surface area contributed by atoms with Crippen molar-refractivity contribution in [1.82, 2.24) is 14.8 Å². The third-order valence-electron chi connectivity index (χ3n) is 4.15. The monoisotopic (exact) mass is 267 g/mol. The molecule has 1 saturated carbocycles. The molecule has 0 saturated heterocycles. The van der Waals surface area contributed by atoms with E-state index in [0.717, 1.165) is 11.3 Å². The standard InChI is InChI=1S/C14H25N3S/c1-10(2)9-17-12(15-16-13(17)18)11-7-5-6-8-14(11,3)4/h10-11H,5-9H2,1-4H3,(H,16,18). The van der Waals surface area contributed by atoms with Crippen molar-refractivity contribution in [2.75, 3.05) is 0 Å². The zero-order chi connectivity index (χ0) is 13.3. The molecule has 0 spiro atoms. The van der Waals surface area contributed by atoms with Crippen LogP contribution >= 0.6 is 12.2 Å². The average Bonchev–Trinajstić information content (AvgIpc) is 2.60. The van der Waals surface area contributed by atoms with Gasteiger partial charge in [0.2, 0.25) is 0 Å². The third kappa shape index (κ3) is 2.68. The first-order valence-electron chi connectivity index (χ1n) is 7.07. The van der Waals surface area contributed by atoms with Gasteiger partial charge in [-0.25, -0.2) is 0 Å². The van der Waals surface area contributed by atoms with Crippen LogP contribution < -0.4 is 0 Å². The largest absolute Gasteiger partial charge is 0.304 e. The van der Waals surface area contributed by atoms with Gasteiger partial charge in [0.05, 0.1) is 0 Å². The Bertz CT molecular complexity index is 456. The summed E-state index contributed by atoms with van der Waals surface area (Å²) >= 11 is 5.38. The lowest BCUT2D eigenvalue weighted by Gasteiger charge is -2.38. The van der Waals surface area contributed by atoms with E-state index in [1.807, 2.05) is 0 Å². The number of rotatable bonds is 3. The van der Waals surface area contributed by atoms with Crippen LogP contribution in [0.5, 0.6) is 0 Å². The molecule has 1 atom stereocenters. The first-order chi connectivity index (χ1) is 8.42. The van der Waals surface area contributed by atoms with Gasteiger partial charge in [-0.05, 0) is 36.4 Å². The van der Waals surface area contributed by atoms with E-state index >= 15 is 0 Å². The molecule has 0 radical (unpaired) electrons. The Morgan fingerprint density at radius 1 is 1.44 bits per heavy atom. The van der Waals surface area contributed by atoms with Gasteiger partial charge in [-0.15, -0.1) is 0 Å². The van der Waals surface area contributed by atoms with E-state index in [1.54, 1.807) is 0 Å². The van der Waals surface area contributed by atoms with Gasteiger partial charge in [-0.3, -0.25) is 5.10 Å². The van der Waals surface area contributed by atoms with Crippen molar-refractivity contribution in [3.8, 4) is 0 Å². The number of H-pyrrole nitrogens is 1. The number of aromatic nitrogens is 3. The normalized spacial score (nSPS) is 23.5. The molecule has 0 amide bonds. The summed E-state index contributed by atoms with van der Waals surface area (Å²) < 4.78 is 3.00. The molecule has 0 aliphatic heterocycles. The summed E-state index contributed by atoms with van der Waals surface area (Å²) in [4.78, 5) is 0. The van der Waals surface area contributed by atoms with Gasteiger partial charge in [0.15, 0.2) is 4.77 Å². The maximum atomic E-state index is 5.38. The first kappa shape index (κ1) is 13.8. The van der Waals surface area contributed by atoms with E-state index in [2.05, 4.69) is 42.5 Å². The van der Waals surface area contributed by atoms with Gasteiger partial charge in [0, 0.05) is 12.5 Å². The molecule has 2 rings (SSSR count). The lowest BCUT2D eigenvalue weighted by atomic mass is 9.68. The minimum absolute atomic E-state index is 0.341. The molecule has 0 bridgehead atoms. The van der Waals surface area contributed by atoms with E-state index in [1.165, 1.54) is 31.5 Å². The Hall–Kier alpha value is -0.640. The molecule has 102 valence electrons. The Morgan fingerprint density at radius 3 is 2.78 bits per heavy atom. The second-order valence-electron chi connectivity index (χ2n) is 6.68. The summed E-state index contributed by atoms with van der Waals surface area (Å²) in [5.74, 6) is 2.32. The highest BCUT2D eigenvalue weighted by molar-refractivity contribution is 7.71. The van der Waals surface area contributed by atoms with Gasteiger partial charge in [-0.1, -0.05) is 40.5 Å². The molecular weight excluding hydrogens is 242 g/mol. The van der Waals surface area contributed by atoms with Crippen molar-refractivity contribution in [2.45, 2.75) is 65.8 Å². The van der Waals surface area contributed by atoms with Gasteiger partial charge in [-0.2, -0.15) is 5.10 Å². The van der Waals surface area contributed by atoms with Crippen LogP contribution in [0, 0.1) is 16.1 Å². The van der Waals surface area contributed by atoms with Crippen LogP contribution in [0.1, 0.15) is 65.1 Å². The molecule has 4 heteroatoms. The third-order valence-corrected chi connectivity index (χ3v) is 4.47. The molecule has 1 aromatic rings. The Morgan fingerprint density at radius 2 is 2.17 bits per heavy atom. The second kappa shape index (κ2) is 5.16. The topological polar surface area (TPSA) is 33.6 Å². The zero-order valence-corrected chi connectivity index (χ0v) is 12.8. The van der Waals surface area contributed by atoms with Crippen LogP contribution in [-0.4, -0.2) is 14.8 Å². The Labute approximate surface area is 115 Å². The molecule has 1 heterocycles. The maximum absolute atomic E-state index is 5.38. The molecule has 1 aliphatic rings. The second-order valence-corrected chi connectivity index (χ2v) is 7.07. The van der Waals surface area contributed by atoms with E-state index in [0.29, 0.717) is 17.3 Å². The van der Waals surface area contributed by atoms with Gasteiger partial charge < -0.3 is 4.57 Å². The summed E-state index contributed by atoms with van der Waals surface area (Å²) in [5, 5.41) is 7.53. The molecule has 1 fully saturated rings. The van der Waals surface area contributed by atoms with Crippen LogP contribution in [-0.2, 0) is 6.54 Å². The van der Waals surface area contributed by atoms with Gasteiger partial charge in [0.1, 0.15) is 5.82 Å². The average molecular weight is 267 g/mol. The quantitative estimate of drug-likeness (QED) is 0.829. The van der Waals surface area contributed by atoms with Crippen LogP contribution in [0.3, 0.4) is 0 Å². The van der Waals surface area contributed by atoms with Gasteiger partial charge >= 0.3 is 0 Å². The predicted molar refractivity (Wildman–Crippen MR) is 77.2 cm³/mol. The van der Waals surface area contributed by atoms with E-state index in [9.17, 15) is 0 Å². The van der Waals surface area contributed by atoms with E-state index in [4.69, 9.17) is 12.2 Å². The molecular formula is C14H25N3S. The van der Waals surface area contributed by atoms with E-state index < -0.39 is 0 Å². The Kier molecular flexibility index (Phi) is 3.95. The van der Waals surface area contributed by atoms with Crippen molar-refractivity contribution < 1.29 is 0 Å². The summed E-state index contributed by atoms with van der Waals surface area (Å²) in [7, 11) is 0. The minimum Gasteiger partial charge on any atom is -0.304 e. The highest BCUT2D eigenvalue weighted by atomic mass is 32.1. The van der Waals surface area contributed by atoms with Crippen molar-refractivity contribution in [2.24, 2.45) is 11.3 Å². The summed E-state index contributed by atoms with van der Waals surface area (Å²) in [5.41, 5.74) is 0.341. The number of aromatic amines is 1. The van der Waals surface area contributed by atoms with Crippen LogP contribution in [0.25, 0.3) is 0 Å². The molecule has 0 aromatic carbocycles.